The van der Waals surface area contributed by atoms with E-state index in [9.17, 15) is 4.79 Å². The van der Waals surface area contributed by atoms with Crippen LogP contribution in [0.4, 0.5) is 0 Å². The fourth-order valence-corrected chi connectivity index (χ4v) is 5.12. The van der Waals surface area contributed by atoms with E-state index in [0.717, 1.165) is 32.2 Å². The Hall–Kier alpha value is -2.05. The molecule has 1 saturated carbocycles. The molecule has 0 saturated heterocycles. The maximum atomic E-state index is 13.2. The summed E-state index contributed by atoms with van der Waals surface area (Å²) in [6.45, 7) is 8.98. The average molecular weight is 384 g/mol. The molecule has 4 rings (SSSR count). The van der Waals surface area contributed by atoms with Crippen molar-refractivity contribution in [1.29, 1.82) is 0 Å². The van der Waals surface area contributed by atoms with Crippen molar-refractivity contribution in [3.8, 4) is 0 Å². The number of rotatable bonds is 6. The van der Waals surface area contributed by atoms with Crippen molar-refractivity contribution in [2.45, 2.75) is 39.2 Å². The lowest BCUT2D eigenvalue weighted by molar-refractivity contribution is 0.0768. The zero-order chi connectivity index (χ0) is 18.3. The van der Waals surface area contributed by atoms with Gasteiger partial charge in [-0.25, -0.2) is 9.97 Å². The van der Waals surface area contributed by atoms with Crippen LogP contribution in [0.1, 0.15) is 50.4 Å². The molecule has 3 aromatic rings. The van der Waals surface area contributed by atoms with Gasteiger partial charge in [0.1, 0.15) is 10.7 Å². The van der Waals surface area contributed by atoms with E-state index in [-0.39, 0.29) is 5.91 Å². The zero-order valence-electron chi connectivity index (χ0n) is 15.0. The second-order valence-electron chi connectivity index (χ2n) is 6.73. The molecule has 6 heteroatoms. The standard InChI is InChI=1S/C20H21N3OS2/c1-4-9-23(11-15-6-5-10-25-15)20(24)17-12(2)16-13(3)21-18(14-7-8-14)22-19(16)26-17/h4-6,10,14H,1,7-9,11H2,2-3H3. The molecule has 0 N–H and O–H groups in total. The van der Waals surface area contributed by atoms with Crippen LogP contribution in [-0.4, -0.2) is 27.3 Å². The molecular formula is C20H21N3OS2. The molecule has 26 heavy (non-hydrogen) atoms. The van der Waals surface area contributed by atoms with Crippen molar-refractivity contribution in [2.75, 3.05) is 6.54 Å². The Morgan fingerprint density at radius 1 is 1.38 bits per heavy atom. The number of carbonyl (C=O) groups excluding carboxylic acids is 1. The van der Waals surface area contributed by atoms with Gasteiger partial charge < -0.3 is 4.90 Å². The highest BCUT2D eigenvalue weighted by atomic mass is 32.1. The number of carbonyl (C=O) groups is 1. The minimum Gasteiger partial charge on any atom is -0.329 e. The summed E-state index contributed by atoms with van der Waals surface area (Å²) in [7, 11) is 0. The lowest BCUT2D eigenvalue weighted by atomic mass is 10.1. The average Bonchev–Trinajstić information content (AvgIpc) is 3.25. The van der Waals surface area contributed by atoms with E-state index < -0.39 is 0 Å². The van der Waals surface area contributed by atoms with Gasteiger partial charge in [-0.3, -0.25) is 4.79 Å². The molecule has 1 aliphatic carbocycles. The first-order chi connectivity index (χ1) is 12.6. The molecule has 0 unspecified atom stereocenters. The van der Waals surface area contributed by atoms with E-state index in [0.29, 0.717) is 19.0 Å². The molecular weight excluding hydrogens is 362 g/mol. The summed E-state index contributed by atoms with van der Waals surface area (Å²) in [6.07, 6.45) is 4.13. The molecule has 0 atom stereocenters. The van der Waals surface area contributed by atoms with E-state index in [1.165, 1.54) is 29.1 Å². The Morgan fingerprint density at radius 2 is 2.19 bits per heavy atom. The van der Waals surface area contributed by atoms with Gasteiger partial charge in [-0.15, -0.1) is 29.3 Å². The molecule has 0 aromatic carbocycles. The summed E-state index contributed by atoms with van der Waals surface area (Å²) in [5, 5.41) is 3.08. The molecule has 3 heterocycles. The third-order valence-corrected chi connectivity index (χ3v) is 6.72. The number of hydrogen-bond donors (Lipinski definition) is 0. The second kappa shape index (κ2) is 6.93. The second-order valence-corrected chi connectivity index (χ2v) is 8.76. The van der Waals surface area contributed by atoms with Crippen LogP contribution in [0.5, 0.6) is 0 Å². The quantitative estimate of drug-likeness (QED) is 0.558. The van der Waals surface area contributed by atoms with Gasteiger partial charge in [0.2, 0.25) is 0 Å². The van der Waals surface area contributed by atoms with Gasteiger partial charge in [0.15, 0.2) is 0 Å². The Balaban J connectivity index is 1.71. The molecule has 4 nitrogen and oxygen atoms in total. The topological polar surface area (TPSA) is 46.1 Å². The van der Waals surface area contributed by atoms with Crippen LogP contribution in [0.2, 0.25) is 0 Å². The molecule has 1 amide bonds. The van der Waals surface area contributed by atoms with Crippen molar-refractivity contribution >= 4 is 38.8 Å². The number of hydrogen-bond acceptors (Lipinski definition) is 5. The third kappa shape index (κ3) is 3.19. The van der Waals surface area contributed by atoms with Crippen molar-refractivity contribution in [2.24, 2.45) is 0 Å². The van der Waals surface area contributed by atoms with Gasteiger partial charge in [0, 0.05) is 22.7 Å². The van der Waals surface area contributed by atoms with Gasteiger partial charge in [-0.05, 0) is 43.7 Å². The van der Waals surface area contributed by atoms with Crippen LogP contribution in [-0.2, 0) is 6.54 Å². The largest absolute Gasteiger partial charge is 0.329 e. The normalized spacial score (nSPS) is 13.9. The van der Waals surface area contributed by atoms with Crippen molar-refractivity contribution in [3.05, 3.63) is 57.0 Å². The number of amides is 1. The van der Waals surface area contributed by atoms with Crippen LogP contribution in [0.3, 0.4) is 0 Å². The molecule has 0 bridgehead atoms. The van der Waals surface area contributed by atoms with E-state index in [1.807, 2.05) is 30.2 Å². The minimum absolute atomic E-state index is 0.0474. The van der Waals surface area contributed by atoms with E-state index in [2.05, 4.69) is 12.6 Å². The molecule has 0 aliphatic heterocycles. The highest BCUT2D eigenvalue weighted by Crippen LogP contribution is 2.40. The van der Waals surface area contributed by atoms with Crippen LogP contribution in [0.15, 0.2) is 30.2 Å². The SMILES string of the molecule is C=CCN(Cc1cccs1)C(=O)c1sc2nc(C3CC3)nc(C)c2c1C. The van der Waals surface area contributed by atoms with Crippen molar-refractivity contribution in [1.82, 2.24) is 14.9 Å². The Kier molecular flexibility index (Phi) is 4.63. The van der Waals surface area contributed by atoms with E-state index in [1.54, 1.807) is 17.4 Å². The maximum Gasteiger partial charge on any atom is 0.264 e. The highest BCUT2D eigenvalue weighted by Gasteiger charge is 2.29. The van der Waals surface area contributed by atoms with Crippen molar-refractivity contribution < 1.29 is 4.79 Å². The summed E-state index contributed by atoms with van der Waals surface area (Å²) in [5.41, 5.74) is 1.98. The van der Waals surface area contributed by atoms with Crippen molar-refractivity contribution in [3.63, 3.8) is 0 Å². The monoisotopic (exact) mass is 383 g/mol. The lowest BCUT2D eigenvalue weighted by Crippen LogP contribution is -2.30. The Bertz CT molecular complexity index is 971. The lowest BCUT2D eigenvalue weighted by Gasteiger charge is -2.20. The minimum atomic E-state index is 0.0474. The van der Waals surface area contributed by atoms with Gasteiger partial charge in [-0.1, -0.05) is 12.1 Å². The molecule has 1 aliphatic rings. The summed E-state index contributed by atoms with van der Waals surface area (Å²) in [4.78, 5) is 27.4. The van der Waals surface area contributed by atoms with Crippen LogP contribution in [0, 0.1) is 13.8 Å². The Labute approximate surface area is 161 Å². The molecule has 1 fully saturated rings. The van der Waals surface area contributed by atoms with Gasteiger partial charge >= 0.3 is 0 Å². The van der Waals surface area contributed by atoms with Gasteiger partial charge in [0.25, 0.3) is 5.91 Å². The van der Waals surface area contributed by atoms with E-state index in [4.69, 9.17) is 9.97 Å². The Morgan fingerprint density at radius 3 is 2.85 bits per heavy atom. The summed E-state index contributed by atoms with van der Waals surface area (Å²) >= 11 is 3.17. The maximum absolute atomic E-state index is 13.2. The smallest absolute Gasteiger partial charge is 0.264 e. The predicted octanol–water partition coefficient (Wildman–Crippen LogP) is 5.08. The summed E-state index contributed by atoms with van der Waals surface area (Å²) in [5.74, 6) is 1.50. The van der Waals surface area contributed by atoms with E-state index >= 15 is 0 Å². The number of nitrogens with zero attached hydrogens (tertiary/aromatic N) is 3. The fraction of sp³-hybridized carbons (Fsp3) is 0.350. The summed E-state index contributed by atoms with van der Waals surface area (Å²) < 4.78 is 0. The number of aromatic nitrogens is 2. The zero-order valence-corrected chi connectivity index (χ0v) is 16.6. The number of aryl methyl sites for hydroxylation is 2. The first-order valence-electron chi connectivity index (χ1n) is 8.78. The van der Waals surface area contributed by atoms with Crippen LogP contribution in [0.25, 0.3) is 10.2 Å². The van der Waals surface area contributed by atoms with Crippen LogP contribution < -0.4 is 0 Å². The number of thiophene rings is 2. The van der Waals surface area contributed by atoms with Gasteiger partial charge in [-0.2, -0.15) is 0 Å². The first kappa shape index (κ1) is 17.4. The molecule has 0 radical (unpaired) electrons. The van der Waals surface area contributed by atoms with Crippen LogP contribution >= 0.6 is 22.7 Å². The first-order valence-corrected chi connectivity index (χ1v) is 10.5. The molecule has 0 spiro atoms. The third-order valence-electron chi connectivity index (χ3n) is 4.69. The highest BCUT2D eigenvalue weighted by molar-refractivity contribution is 7.20. The van der Waals surface area contributed by atoms with Gasteiger partial charge in [0.05, 0.1) is 17.1 Å². The predicted molar refractivity (Wildman–Crippen MR) is 108 cm³/mol. The molecule has 134 valence electrons. The number of fused-ring (bicyclic) bond motifs is 1. The summed E-state index contributed by atoms with van der Waals surface area (Å²) in [6, 6.07) is 4.07. The fourth-order valence-electron chi connectivity index (χ4n) is 3.20. The molecule has 3 aromatic heterocycles.